The summed E-state index contributed by atoms with van der Waals surface area (Å²) in [6.45, 7) is 1.95. The van der Waals surface area contributed by atoms with Crippen LogP contribution in [-0.4, -0.2) is 9.97 Å². The molecule has 0 spiro atoms. The molecule has 2 N–H and O–H groups in total. The van der Waals surface area contributed by atoms with Crippen molar-refractivity contribution in [2.75, 3.05) is 5.43 Å². The highest BCUT2D eigenvalue weighted by Crippen LogP contribution is 2.26. The third-order valence-corrected chi connectivity index (χ3v) is 5.16. The van der Waals surface area contributed by atoms with Crippen molar-refractivity contribution in [3.05, 3.63) is 88.7 Å². The molecule has 5 nitrogen and oxygen atoms in total. The minimum Gasteiger partial charge on any atom is -0.456 e. The highest BCUT2D eigenvalue weighted by Gasteiger charge is 2.09. The molecule has 0 saturated carbocycles. The predicted molar refractivity (Wildman–Crippen MR) is 117 cm³/mol. The Bertz CT molecular complexity index is 1370. The van der Waals surface area contributed by atoms with Gasteiger partial charge >= 0.3 is 0 Å². The average molecular weight is 401 g/mol. The molecule has 6 heteroatoms. The standard InChI is InChI=1S/C23H17ClN4O/c1-14-11-22-16(12-17(14)24)20(13-21(29-22)15-7-3-2-4-8-15)27-28-23-25-18-9-5-6-10-19(18)26-23/h2-13H,1H3,(H2,25,26,28)/b27-20+. The number of anilines is 1. The van der Waals surface area contributed by atoms with Crippen molar-refractivity contribution in [3.8, 4) is 11.3 Å². The van der Waals surface area contributed by atoms with E-state index in [-0.39, 0.29) is 0 Å². The number of fused-ring (bicyclic) bond motifs is 2. The number of para-hydroxylation sites is 2. The number of hydrogen-bond donors (Lipinski definition) is 2. The number of nitrogens with zero attached hydrogens (tertiary/aromatic N) is 2. The van der Waals surface area contributed by atoms with E-state index in [1.54, 1.807) is 0 Å². The minimum absolute atomic E-state index is 0.569. The summed E-state index contributed by atoms with van der Waals surface area (Å²) in [7, 11) is 0. The average Bonchev–Trinajstić information content (AvgIpc) is 3.16. The smallest absolute Gasteiger partial charge is 0.222 e. The number of aromatic amines is 1. The highest BCUT2D eigenvalue weighted by atomic mass is 35.5. The lowest BCUT2D eigenvalue weighted by atomic mass is 10.1. The number of nitrogens with one attached hydrogen (secondary N) is 2. The van der Waals surface area contributed by atoms with Crippen LogP contribution in [0.1, 0.15) is 5.56 Å². The quantitative estimate of drug-likeness (QED) is 0.372. The summed E-state index contributed by atoms with van der Waals surface area (Å²) in [5, 5.41) is 6.80. The molecule has 2 aromatic heterocycles. The van der Waals surface area contributed by atoms with Crippen LogP contribution in [0.5, 0.6) is 0 Å². The van der Waals surface area contributed by atoms with Crippen LogP contribution in [0, 0.1) is 6.92 Å². The lowest BCUT2D eigenvalue weighted by Crippen LogP contribution is -2.08. The fraction of sp³-hybridized carbons (Fsp3) is 0.0435. The predicted octanol–water partition coefficient (Wildman–Crippen LogP) is 5.87. The lowest BCUT2D eigenvalue weighted by Gasteiger charge is -2.07. The van der Waals surface area contributed by atoms with Gasteiger partial charge in [0.15, 0.2) is 0 Å². The molecule has 5 aromatic rings. The van der Waals surface area contributed by atoms with Gasteiger partial charge < -0.3 is 9.40 Å². The number of imidazole rings is 1. The maximum atomic E-state index is 6.36. The van der Waals surface area contributed by atoms with Gasteiger partial charge in [-0.2, -0.15) is 5.10 Å². The maximum absolute atomic E-state index is 6.36. The molecule has 0 saturated heterocycles. The van der Waals surface area contributed by atoms with Gasteiger partial charge in [-0.3, -0.25) is 0 Å². The van der Waals surface area contributed by atoms with Crippen LogP contribution in [0.3, 0.4) is 0 Å². The highest BCUT2D eigenvalue weighted by molar-refractivity contribution is 6.32. The SMILES string of the molecule is Cc1cc2oc(-c3ccccc3)c/c(=N\Nc3nc4ccccc4[nH]3)c2cc1Cl. The number of rotatable bonds is 3. The fourth-order valence-electron chi connectivity index (χ4n) is 3.25. The van der Waals surface area contributed by atoms with E-state index in [9.17, 15) is 0 Å². The summed E-state index contributed by atoms with van der Waals surface area (Å²) < 4.78 is 6.15. The number of benzene rings is 3. The van der Waals surface area contributed by atoms with Crippen LogP contribution in [0.4, 0.5) is 5.95 Å². The van der Waals surface area contributed by atoms with Gasteiger partial charge in [0.25, 0.3) is 0 Å². The summed E-state index contributed by atoms with van der Waals surface area (Å²) in [5.41, 5.74) is 7.50. The second-order valence-electron chi connectivity index (χ2n) is 6.79. The van der Waals surface area contributed by atoms with E-state index >= 15 is 0 Å². The number of hydrogen-bond acceptors (Lipinski definition) is 4. The molecule has 0 aliphatic carbocycles. The molecule has 0 unspecified atom stereocenters. The van der Waals surface area contributed by atoms with Gasteiger partial charge in [0.05, 0.1) is 16.4 Å². The van der Waals surface area contributed by atoms with E-state index in [2.05, 4.69) is 20.5 Å². The molecule has 2 heterocycles. The van der Waals surface area contributed by atoms with Crippen LogP contribution in [-0.2, 0) is 0 Å². The second kappa shape index (κ2) is 7.11. The Hall–Kier alpha value is -3.57. The first-order valence-corrected chi connectivity index (χ1v) is 9.59. The minimum atomic E-state index is 0.569. The van der Waals surface area contributed by atoms with Crippen molar-refractivity contribution in [2.24, 2.45) is 5.10 Å². The Morgan fingerprint density at radius 1 is 1.00 bits per heavy atom. The van der Waals surface area contributed by atoms with Crippen LogP contribution in [0.15, 0.2) is 82.3 Å². The number of halogens is 1. The molecule has 0 atom stereocenters. The molecule has 0 aliphatic rings. The molecular weight excluding hydrogens is 384 g/mol. The van der Waals surface area contributed by atoms with Crippen LogP contribution in [0.25, 0.3) is 33.3 Å². The van der Waals surface area contributed by atoms with E-state index in [4.69, 9.17) is 16.0 Å². The van der Waals surface area contributed by atoms with E-state index in [1.165, 1.54) is 0 Å². The van der Waals surface area contributed by atoms with Crippen LogP contribution in [0.2, 0.25) is 5.02 Å². The molecule has 0 aliphatic heterocycles. The van der Waals surface area contributed by atoms with E-state index in [1.807, 2.05) is 79.7 Å². The first-order chi connectivity index (χ1) is 14.2. The molecular formula is C23H17ClN4O. The molecule has 3 aromatic carbocycles. The Labute approximate surface area is 171 Å². The van der Waals surface area contributed by atoms with Crippen molar-refractivity contribution in [2.45, 2.75) is 6.92 Å². The zero-order valence-corrected chi connectivity index (χ0v) is 16.4. The number of aromatic nitrogens is 2. The fourth-order valence-corrected chi connectivity index (χ4v) is 3.41. The summed E-state index contributed by atoms with van der Waals surface area (Å²) >= 11 is 6.36. The molecule has 0 amide bonds. The summed E-state index contributed by atoms with van der Waals surface area (Å²) in [5.74, 6) is 1.30. The third kappa shape index (κ3) is 3.37. The van der Waals surface area contributed by atoms with Crippen molar-refractivity contribution >= 4 is 39.6 Å². The molecule has 0 radical (unpaired) electrons. The Balaban J connectivity index is 1.67. The third-order valence-electron chi connectivity index (χ3n) is 4.75. The first-order valence-electron chi connectivity index (χ1n) is 9.21. The summed E-state index contributed by atoms with van der Waals surface area (Å²) in [4.78, 5) is 7.73. The topological polar surface area (TPSA) is 66.2 Å². The molecule has 5 rings (SSSR count). The zero-order chi connectivity index (χ0) is 19.8. The van der Waals surface area contributed by atoms with Gasteiger partial charge in [-0.1, -0.05) is 54.1 Å². The van der Waals surface area contributed by atoms with Gasteiger partial charge in [-0.25, -0.2) is 10.4 Å². The van der Waals surface area contributed by atoms with Crippen molar-refractivity contribution in [3.63, 3.8) is 0 Å². The van der Waals surface area contributed by atoms with E-state index in [0.29, 0.717) is 16.3 Å². The van der Waals surface area contributed by atoms with Gasteiger partial charge in [0.1, 0.15) is 11.3 Å². The zero-order valence-electron chi connectivity index (χ0n) is 15.6. The number of aryl methyl sites for hydroxylation is 1. The van der Waals surface area contributed by atoms with E-state index in [0.717, 1.165) is 38.9 Å². The first kappa shape index (κ1) is 17.5. The largest absolute Gasteiger partial charge is 0.456 e. The van der Waals surface area contributed by atoms with Crippen LogP contribution >= 0.6 is 11.6 Å². The maximum Gasteiger partial charge on any atom is 0.222 e. The molecule has 0 bridgehead atoms. The summed E-state index contributed by atoms with van der Waals surface area (Å²) in [6, 6.07) is 23.5. The Morgan fingerprint density at radius 2 is 1.79 bits per heavy atom. The number of H-pyrrole nitrogens is 1. The molecule has 29 heavy (non-hydrogen) atoms. The molecule has 0 fully saturated rings. The van der Waals surface area contributed by atoms with Crippen molar-refractivity contribution in [1.29, 1.82) is 0 Å². The van der Waals surface area contributed by atoms with Crippen molar-refractivity contribution < 1.29 is 4.42 Å². The monoisotopic (exact) mass is 400 g/mol. The van der Waals surface area contributed by atoms with E-state index < -0.39 is 0 Å². The van der Waals surface area contributed by atoms with Gasteiger partial charge in [0.2, 0.25) is 5.95 Å². The van der Waals surface area contributed by atoms with Gasteiger partial charge in [-0.05, 0) is 36.8 Å². The van der Waals surface area contributed by atoms with Crippen LogP contribution < -0.4 is 10.8 Å². The van der Waals surface area contributed by atoms with Gasteiger partial charge in [0, 0.05) is 22.0 Å². The normalized spacial score (nSPS) is 12.0. The van der Waals surface area contributed by atoms with Gasteiger partial charge in [-0.15, -0.1) is 0 Å². The second-order valence-corrected chi connectivity index (χ2v) is 7.19. The Kier molecular flexibility index (Phi) is 4.30. The lowest BCUT2D eigenvalue weighted by molar-refractivity contribution is 0.618. The summed E-state index contributed by atoms with van der Waals surface area (Å²) in [6.07, 6.45) is 0. The molecule has 142 valence electrons. The van der Waals surface area contributed by atoms with Crippen molar-refractivity contribution in [1.82, 2.24) is 9.97 Å². The Morgan fingerprint density at radius 3 is 2.62 bits per heavy atom.